The summed E-state index contributed by atoms with van der Waals surface area (Å²) < 4.78 is 4.99. The topological polar surface area (TPSA) is 43.4 Å². The first-order valence-corrected chi connectivity index (χ1v) is 6.10. The Bertz CT molecular complexity index is 270. The first-order chi connectivity index (χ1) is 7.43. The molecule has 1 aliphatic carbocycles. The molecule has 92 valence electrons. The maximum Gasteiger partial charge on any atom is 0.302 e. The molecule has 0 heterocycles. The fraction of sp³-hybridized carbons (Fsp3) is 0.846. The second-order valence-corrected chi connectivity index (χ2v) is 5.22. The van der Waals surface area contributed by atoms with Crippen molar-refractivity contribution in [3.05, 3.63) is 0 Å². The Labute approximate surface area is 97.5 Å². The van der Waals surface area contributed by atoms with E-state index >= 15 is 0 Å². The summed E-state index contributed by atoms with van der Waals surface area (Å²) in [5.74, 6) is 0.769. The van der Waals surface area contributed by atoms with Crippen LogP contribution in [-0.4, -0.2) is 18.4 Å². The van der Waals surface area contributed by atoms with Gasteiger partial charge in [0.25, 0.3) is 0 Å². The molecule has 0 unspecified atom stereocenters. The average molecular weight is 226 g/mol. The van der Waals surface area contributed by atoms with E-state index in [1.165, 1.54) is 6.92 Å². The van der Waals surface area contributed by atoms with Crippen LogP contribution < -0.4 is 0 Å². The Morgan fingerprint density at radius 2 is 2.06 bits per heavy atom. The number of carbonyl (C=O) groups is 2. The van der Waals surface area contributed by atoms with Gasteiger partial charge in [0.2, 0.25) is 0 Å². The lowest BCUT2D eigenvalue weighted by Gasteiger charge is -2.34. The quantitative estimate of drug-likeness (QED) is 0.694. The first kappa shape index (κ1) is 13.2. The molecule has 3 atom stereocenters. The number of ether oxygens (including phenoxy) is 1. The fourth-order valence-electron chi connectivity index (χ4n) is 2.46. The number of Topliss-reactive ketones (excluding diaryl/α,β-unsaturated/α-hetero) is 1. The van der Waals surface area contributed by atoms with Gasteiger partial charge in [-0.25, -0.2) is 0 Å². The van der Waals surface area contributed by atoms with Gasteiger partial charge in [0, 0.05) is 12.8 Å². The van der Waals surface area contributed by atoms with Crippen molar-refractivity contribution < 1.29 is 14.3 Å². The molecule has 3 nitrogen and oxygen atoms in total. The molecule has 0 aromatic carbocycles. The maximum absolute atomic E-state index is 12.2. The molecule has 0 saturated heterocycles. The van der Waals surface area contributed by atoms with Crippen molar-refractivity contribution in [2.45, 2.75) is 40.5 Å². The zero-order chi connectivity index (χ0) is 12.3. The van der Waals surface area contributed by atoms with Crippen LogP contribution in [0.3, 0.4) is 0 Å². The lowest BCUT2D eigenvalue weighted by Crippen LogP contribution is -2.39. The summed E-state index contributed by atoms with van der Waals surface area (Å²) in [7, 11) is 0. The SMILES string of the molecule is CC(=O)OC[C@H]1C(=O)[C@@H](C(C)C)CC[C@@H]1C. The van der Waals surface area contributed by atoms with Crippen LogP contribution in [0.1, 0.15) is 40.5 Å². The van der Waals surface area contributed by atoms with Crippen LogP contribution in [0.4, 0.5) is 0 Å². The number of hydrogen-bond donors (Lipinski definition) is 0. The van der Waals surface area contributed by atoms with Crippen molar-refractivity contribution in [3.8, 4) is 0 Å². The van der Waals surface area contributed by atoms with Crippen molar-refractivity contribution in [1.82, 2.24) is 0 Å². The van der Waals surface area contributed by atoms with E-state index in [-0.39, 0.29) is 30.2 Å². The monoisotopic (exact) mass is 226 g/mol. The largest absolute Gasteiger partial charge is 0.465 e. The highest BCUT2D eigenvalue weighted by atomic mass is 16.5. The fourth-order valence-corrected chi connectivity index (χ4v) is 2.46. The van der Waals surface area contributed by atoms with Crippen molar-refractivity contribution in [2.75, 3.05) is 6.61 Å². The minimum Gasteiger partial charge on any atom is -0.465 e. The highest BCUT2D eigenvalue weighted by Gasteiger charge is 2.37. The third-order valence-electron chi connectivity index (χ3n) is 3.62. The smallest absolute Gasteiger partial charge is 0.302 e. The zero-order valence-corrected chi connectivity index (χ0v) is 10.7. The third kappa shape index (κ3) is 3.06. The molecule has 1 saturated carbocycles. The van der Waals surface area contributed by atoms with E-state index in [9.17, 15) is 9.59 Å². The van der Waals surface area contributed by atoms with Crippen LogP contribution in [0.2, 0.25) is 0 Å². The van der Waals surface area contributed by atoms with Crippen LogP contribution in [0.5, 0.6) is 0 Å². The van der Waals surface area contributed by atoms with Gasteiger partial charge in [0.05, 0.1) is 5.92 Å². The molecule has 0 bridgehead atoms. The first-order valence-electron chi connectivity index (χ1n) is 6.10. The van der Waals surface area contributed by atoms with Gasteiger partial charge in [-0.2, -0.15) is 0 Å². The minimum absolute atomic E-state index is 0.0925. The maximum atomic E-state index is 12.2. The van der Waals surface area contributed by atoms with E-state index in [1.54, 1.807) is 0 Å². The van der Waals surface area contributed by atoms with Crippen molar-refractivity contribution >= 4 is 11.8 Å². The van der Waals surface area contributed by atoms with Gasteiger partial charge in [-0.1, -0.05) is 20.8 Å². The van der Waals surface area contributed by atoms with Crippen LogP contribution in [0, 0.1) is 23.7 Å². The highest BCUT2D eigenvalue weighted by molar-refractivity contribution is 5.85. The van der Waals surface area contributed by atoms with E-state index in [0.29, 0.717) is 11.8 Å². The summed E-state index contributed by atoms with van der Waals surface area (Å²) in [6.07, 6.45) is 2.04. The third-order valence-corrected chi connectivity index (χ3v) is 3.62. The molecule has 16 heavy (non-hydrogen) atoms. The normalized spacial score (nSPS) is 30.6. The molecular formula is C13H22O3. The Morgan fingerprint density at radius 1 is 1.44 bits per heavy atom. The van der Waals surface area contributed by atoms with Gasteiger partial charge in [0.15, 0.2) is 0 Å². The van der Waals surface area contributed by atoms with E-state index in [0.717, 1.165) is 12.8 Å². The Kier molecular flexibility index (Phi) is 4.51. The number of ketones is 1. The number of rotatable bonds is 3. The molecule has 0 aromatic heterocycles. The lowest BCUT2D eigenvalue weighted by atomic mass is 9.70. The Hall–Kier alpha value is -0.860. The summed E-state index contributed by atoms with van der Waals surface area (Å²) in [4.78, 5) is 23.0. The number of carbonyl (C=O) groups excluding carboxylic acids is 2. The molecule has 1 rings (SSSR count). The summed E-state index contributed by atoms with van der Waals surface area (Å²) in [6, 6.07) is 0. The molecular weight excluding hydrogens is 204 g/mol. The summed E-state index contributed by atoms with van der Waals surface area (Å²) in [5.41, 5.74) is 0. The Balaban J connectivity index is 2.64. The second-order valence-electron chi connectivity index (χ2n) is 5.22. The van der Waals surface area contributed by atoms with Gasteiger partial charge < -0.3 is 4.74 Å². The second kappa shape index (κ2) is 5.46. The molecule has 0 N–H and O–H groups in total. The lowest BCUT2D eigenvalue weighted by molar-refractivity contribution is -0.147. The molecule has 3 heteroatoms. The van der Waals surface area contributed by atoms with E-state index in [4.69, 9.17) is 4.74 Å². The molecule has 1 aliphatic rings. The van der Waals surface area contributed by atoms with Crippen molar-refractivity contribution in [3.63, 3.8) is 0 Å². The highest BCUT2D eigenvalue weighted by Crippen LogP contribution is 2.34. The molecule has 0 radical (unpaired) electrons. The van der Waals surface area contributed by atoms with Gasteiger partial charge in [-0.05, 0) is 24.7 Å². The van der Waals surface area contributed by atoms with Gasteiger partial charge in [-0.15, -0.1) is 0 Å². The van der Waals surface area contributed by atoms with Gasteiger partial charge in [0.1, 0.15) is 12.4 Å². The molecule has 0 aliphatic heterocycles. The van der Waals surface area contributed by atoms with Gasteiger partial charge >= 0.3 is 5.97 Å². The standard InChI is InChI=1S/C13H22O3/c1-8(2)11-6-5-9(3)12(13(11)15)7-16-10(4)14/h8-9,11-12H,5-7H2,1-4H3/t9-,11+,12+/m0/s1. The van der Waals surface area contributed by atoms with E-state index in [2.05, 4.69) is 20.8 Å². The Morgan fingerprint density at radius 3 is 2.56 bits per heavy atom. The molecule has 0 amide bonds. The van der Waals surface area contributed by atoms with Crippen LogP contribution >= 0.6 is 0 Å². The van der Waals surface area contributed by atoms with Crippen LogP contribution in [0.15, 0.2) is 0 Å². The predicted molar refractivity (Wildman–Crippen MR) is 61.9 cm³/mol. The number of hydrogen-bond acceptors (Lipinski definition) is 3. The predicted octanol–water partition coefficient (Wildman–Crippen LogP) is 2.44. The van der Waals surface area contributed by atoms with Gasteiger partial charge in [-0.3, -0.25) is 9.59 Å². The van der Waals surface area contributed by atoms with E-state index in [1.807, 2.05) is 0 Å². The minimum atomic E-state index is -0.299. The van der Waals surface area contributed by atoms with Crippen molar-refractivity contribution in [1.29, 1.82) is 0 Å². The summed E-state index contributed by atoms with van der Waals surface area (Å²) in [6.45, 7) is 7.89. The summed E-state index contributed by atoms with van der Waals surface area (Å²) in [5, 5.41) is 0. The van der Waals surface area contributed by atoms with E-state index < -0.39 is 0 Å². The molecule has 0 spiro atoms. The molecule has 0 aromatic rings. The van der Waals surface area contributed by atoms with Crippen molar-refractivity contribution in [2.24, 2.45) is 23.7 Å². The van der Waals surface area contributed by atoms with Crippen LogP contribution in [0.25, 0.3) is 0 Å². The van der Waals surface area contributed by atoms with Crippen LogP contribution in [-0.2, 0) is 14.3 Å². The summed E-state index contributed by atoms with van der Waals surface area (Å²) >= 11 is 0. The number of esters is 1. The molecule has 1 fully saturated rings. The average Bonchev–Trinajstić information content (AvgIpc) is 2.16. The zero-order valence-electron chi connectivity index (χ0n) is 10.7.